The first kappa shape index (κ1) is 10.7. The quantitative estimate of drug-likeness (QED) is 0.836. The van der Waals surface area contributed by atoms with Crippen molar-refractivity contribution in [2.75, 3.05) is 6.54 Å². The Hall–Kier alpha value is -1.82. The molecule has 0 unspecified atom stereocenters. The number of H-pyrrole nitrogens is 1. The molecule has 0 aliphatic rings. The molecule has 0 atom stereocenters. The molecule has 6 nitrogen and oxygen atoms in total. The molecule has 0 saturated carbocycles. The van der Waals surface area contributed by atoms with Gasteiger partial charge in [-0.15, -0.1) is 0 Å². The molecule has 0 aliphatic heterocycles. The van der Waals surface area contributed by atoms with Crippen LogP contribution in [0.25, 0.3) is 0 Å². The molecule has 0 saturated heterocycles. The molecule has 0 aliphatic carbocycles. The molecule has 2 N–H and O–H groups in total. The van der Waals surface area contributed by atoms with Gasteiger partial charge in [0.05, 0.1) is 11.8 Å². The third-order valence-corrected chi connectivity index (χ3v) is 2.27. The summed E-state index contributed by atoms with van der Waals surface area (Å²) >= 11 is 5.66. The predicted octanol–water partition coefficient (Wildman–Crippen LogP) is 1.02. The zero-order valence-corrected chi connectivity index (χ0v) is 8.99. The van der Waals surface area contributed by atoms with Crippen LogP contribution in [0.2, 0.25) is 5.22 Å². The molecule has 2 rings (SSSR count). The zero-order chi connectivity index (χ0) is 11.4. The lowest BCUT2D eigenvalue weighted by Gasteiger charge is -2.01. The number of hydrogen-bond acceptors (Lipinski definition) is 4. The summed E-state index contributed by atoms with van der Waals surface area (Å²) in [6.07, 6.45) is 3.37. The molecule has 84 valence electrons. The Labute approximate surface area is 96.0 Å². The van der Waals surface area contributed by atoms with Gasteiger partial charge >= 0.3 is 0 Å². The lowest BCUT2D eigenvalue weighted by molar-refractivity contribution is 0.0953. The molecule has 0 radical (unpaired) electrons. The normalized spacial score (nSPS) is 10.3. The number of carbonyl (C=O) groups excluding carboxylic acids is 1. The number of nitrogens with zero attached hydrogens (tertiary/aromatic N) is 2. The van der Waals surface area contributed by atoms with Gasteiger partial charge in [0.1, 0.15) is 12.2 Å². The maximum absolute atomic E-state index is 11.6. The third kappa shape index (κ3) is 2.40. The van der Waals surface area contributed by atoms with Crippen LogP contribution in [0.5, 0.6) is 0 Å². The second-order valence-electron chi connectivity index (χ2n) is 3.05. The highest BCUT2D eigenvalue weighted by atomic mass is 35.5. The Bertz CT molecular complexity index is 466. The van der Waals surface area contributed by atoms with Crippen molar-refractivity contribution in [3.05, 3.63) is 35.3 Å². The highest BCUT2D eigenvalue weighted by Gasteiger charge is 2.12. The van der Waals surface area contributed by atoms with Gasteiger partial charge in [-0.2, -0.15) is 5.10 Å². The summed E-state index contributed by atoms with van der Waals surface area (Å²) in [5.74, 6) is 0.455. The molecule has 16 heavy (non-hydrogen) atoms. The van der Waals surface area contributed by atoms with Crippen molar-refractivity contribution in [3.8, 4) is 0 Å². The van der Waals surface area contributed by atoms with E-state index in [-0.39, 0.29) is 11.1 Å². The van der Waals surface area contributed by atoms with E-state index in [1.165, 1.54) is 18.7 Å². The topological polar surface area (TPSA) is 83.8 Å². The minimum atomic E-state index is -0.265. The van der Waals surface area contributed by atoms with Gasteiger partial charge in [0.25, 0.3) is 5.91 Å². The molecular formula is C9H9ClN4O2. The van der Waals surface area contributed by atoms with Crippen molar-refractivity contribution >= 4 is 17.5 Å². The van der Waals surface area contributed by atoms with Crippen LogP contribution >= 0.6 is 11.6 Å². The summed E-state index contributed by atoms with van der Waals surface area (Å²) in [7, 11) is 0. The molecule has 2 heterocycles. The van der Waals surface area contributed by atoms with Crippen molar-refractivity contribution in [1.82, 2.24) is 20.5 Å². The summed E-state index contributed by atoms with van der Waals surface area (Å²) < 4.78 is 4.81. The van der Waals surface area contributed by atoms with E-state index in [1.807, 2.05) is 0 Å². The number of halogens is 1. The zero-order valence-electron chi connectivity index (χ0n) is 8.24. The minimum Gasteiger partial charge on any atom is -0.452 e. The van der Waals surface area contributed by atoms with Crippen LogP contribution in [-0.4, -0.2) is 27.6 Å². The number of rotatable bonds is 4. The SMILES string of the molecule is O=C(NCCc1ncn[nH]1)c1ccoc1Cl. The van der Waals surface area contributed by atoms with Gasteiger partial charge in [0, 0.05) is 13.0 Å². The fraction of sp³-hybridized carbons (Fsp3) is 0.222. The molecule has 0 spiro atoms. The maximum atomic E-state index is 11.6. The Kier molecular flexibility index (Phi) is 3.21. The highest BCUT2D eigenvalue weighted by Crippen LogP contribution is 2.15. The van der Waals surface area contributed by atoms with Gasteiger partial charge in [-0.1, -0.05) is 0 Å². The van der Waals surface area contributed by atoms with E-state index in [0.29, 0.717) is 18.5 Å². The van der Waals surface area contributed by atoms with Crippen molar-refractivity contribution in [3.63, 3.8) is 0 Å². The van der Waals surface area contributed by atoms with E-state index in [9.17, 15) is 4.79 Å². The lowest BCUT2D eigenvalue weighted by Crippen LogP contribution is -2.25. The largest absolute Gasteiger partial charge is 0.452 e. The Morgan fingerprint density at radius 2 is 2.50 bits per heavy atom. The Balaban J connectivity index is 1.83. The number of aromatic amines is 1. The van der Waals surface area contributed by atoms with Crippen molar-refractivity contribution in [2.24, 2.45) is 0 Å². The Morgan fingerprint density at radius 3 is 3.12 bits per heavy atom. The standard InChI is InChI=1S/C9H9ClN4O2/c10-8-6(2-4-16-8)9(15)11-3-1-7-12-5-13-14-7/h2,4-5H,1,3H2,(H,11,15)(H,12,13,14). The van der Waals surface area contributed by atoms with Gasteiger partial charge in [0.2, 0.25) is 5.22 Å². The fourth-order valence-electron chi connectivity index (χ4n) is 1.20. The molecule has 2 aromatic rings. The average molecular weight is 241 g/mol. The van der Waals surface area contributed by atoms with E-state index in [0.717, 1.165) is 5.82 Å². The van der Waals surface area contributed by atoms with Crippen molar-refractivity contribution < 1.29 is 9.21 Å². The molecule has 7 heteroatoms. The number of hydrogen-bond donors (Lipinski definition) is 2. The molecule has 0 fully saturated rings. The van der Waals surface area contributed by atoms with E-state index in [2.05, 4.69) is 20.5 Å². The minimum absolute atomic E-state index is 0.0946. The van der Waals surface area contributed by atoms with Crippen LogP contribution in [0.1, 0.15) is 16.2 Å². The maximum Gasteiger partial charge on any atom is 0.256 e. The number of amides is 1. The molecule has 2 aromatic heterocycles. The second-order valence-corrected chi connectivity index (χ2v) is 3.39. The molecule has 0 bridgehead atoms. The first-order valence-electron chi connectivity index (χ1n) is 4.63. The van der Waals surface area contributed by atoms with Gasteiger partial charge in [0.15, 0.2) is 0 Å². The fourth-order valence-corrected chi connectivity index (χ4v) is 1.40. The van der Waals surface area contributed by atoms with Crippen molar-refractivity contribution in [2.45, 2.75) is 6.42 Å². The average Bonchev–Trinajstić information content (AvgIpc) is 2.88. The van der Waals surface area contributed by atoms with Crippen LogP contribution in [0.4, 0.5) is 0 Å². The lowest BCUT2D eigenvalue weighted by atomic mass is 10.3. The molecule has 0 aromatic carbocycles. The highest BCUT2D eigenvalue weighted by molar-refractivity contribution is 6.32. The third-order valence-electron chi connectivity index (χ3n) is 1.97. The Morgan fingerprint density at radius 1 is 1.62 bits per heavy atom. The first-order valence-corrected chi connectivity index (χ1v) is 5.00. The van der Waals surface area contributed by atoms with E-state index in [1.54, 1.807) is 0 Å². The van der Waals surface area contributed by atoms with E-state index >= 15 is 0 Å². The summed E-state index contributed by atoms with van der Waals surface area (Å²) in [6, 6.07) is 1.52. The molecule has 1 amide bonds. The summed E-state index contributed by atoms with van der Waals surface area (Å²) in [4.78, 5) is 15.5. The van der Waals surface area contributed by atoms with E-state index in [4.69, 9.17) is 16.0 Å². The molecular weight excluding hydrogens is 232 g/mol. The number of aromatic nitrogens is 3. The van der Waals surface area contributed by atoms with Crippen LogP contribution < -0.4 is 5.32 Å². The number of nitrogens with one attached hydrogen (secondary N) is 2. The smallest absolute Gasteiger partial charge is 0.256 e. The summed E-state index contributed by atoms with van der Waals surface area (Å²) in [5.41, 5.74) is 0.333. The van der Waals surface area contributed by atoms with Crippen LogP contribution in [-0.2, 0) is 6.42 Å². The summed E-state index contributed by atoms with van der Waals surface area (Å²) in [6.45, 7) is 0.454. The first-order chi connectivity index (χ1) is 7.77. The van der Waals surface area contributed by atoms with Crippen LogP contribution in [0.3, 0.4) is 0 Å². The second kappa shape index (κ2) is 4.80. The van der Waals surface area contributed by atoms with Crippen LogP contribution in [0.15, 0.2) is 23.1 Å². The predicted molar refractivity (Wildman–Crippen MR) is 56.1 cm³/mol. The number of carbonyl (C=O) groups is 1. The van der Waals surface area contributed by atoms with Crippen LogP contribution in [0, 0.1) is 0 Å². The monoisotopic (exact) mass is 240 g/mol. The van der Waals surface area contributed by atoms with Gasteiger partial charge < -0.3 is 9.73 Å². The van der Waals surface area contributed by atoms with Gasteiger partial charge in [-0.25, -0.2) is 4.98 Å². The van der Waals surface area contributed by atoms with Crippen molar-refractivity contribution in [1.29, 1.82) is 0 Å². The number of furan rings is 1. The summed E-state index contributed by atoms with van der Waals surface area (Å²) in [5, 5.41) is 9.19. The van der Waals surface area contributed by atoms with E-state index < -0.39 is 0 Å². The van der Waals surface area contributed by atoms with Gasteiger partial charge in [-0.3, -0.25) is 9.89 Å². The van der Waals surface area contributed by atoms with Gasteiger partial charge in [-0.05, 0) is 17.7 Å².